The van der Waals surface area contributed by atoms with Crippen molar-refractivity contribution in [3.63, 3.8) is 0 Å². The third kappa shape index (κ3) is 4.37. The van der Waals surface area contributed by atoms with Gasteiger partial charge in [-0.25, -0.2) is 9.59 Å². The Morgan fingerprint density at radius 2 is 1.73 bits per heavy atom. The van der Waals surface area contributed by atoms with Gasteiger partial charge in [0.15, 0.2) is 5.76 Å². The molecule has 2 aromatic rings. The molecular formula is C20H24N2O8. The summed E-state index contributed by atoms with van der Waals surface area (Å²) in [6.07, 6.45) is -0.431. The molecule has 0 fully saturated rings. The molecule has 0 aliphatic carbocycles. The SMILES string of the molecule is CCOc1noc(CC(NC(C)=O)(C(=O)OC)C(=O)OC)c1-c1ccccc1OC. The van der Waals surface area contributed by atoms with E-state index < -0.39 is 29.8 Å². The summed E-state index contributed by atoms with van der Waals surface area (Å²) in [7, 11) is 3.68. The Labute approximate surface area is 173 Å². The highest BCUT2D eigenvalue weighted by Gasteiger charge is 2.51. The van der Waals surface area contributed by atoms with Crippen molar-refractivity contribution < 1.29 is 37.9 Å². The van der Waals surface area contributed by atoms with Crippen LogP contribution in [0.4, 0.5) is 0 Å². The number of para-hydroxylation sites is 1. The molecule has 10 heteroatoms. The van der Waals surface area contributed by atoms with Crippen molar-refractivity contribution in [1.82, 2.24) is 10.5 Å². The van der Waals surface area contributed by atoms with Gasteiger partial charge in [0, 0.05) is 12.5 Å². The minimum Gasteiger partial charge on any atom is -0.496 e. The normalized spacial score (nSPS) is 10.8. The molecule has 162 valence electrons. The summed E-state index contributed by atoms with van der Waals surface area (Å²) in [6, 6.07) is 7.02. The summed E-state index contributed by atoms with van der Waals surface area (Å²) >= 11 is 0. The van der Waals surface area contributed by atoms with E-state index in [-0.39, 0.29) is 11.6 Å². The highest BCUT2D eigenvalue weighted by Crippen LogP contribution is 2.40. The first-order chi connectivity index (χ1) is 14.3. The van der Waals surface area contributed by atoms with Gasteiger partial charge in [-0.2, -0.15) is 0 Å². The van der Waals surface area contributed by atoms with Gasteiger partial charge in [-0.3, -0.25) is 4.79 Å². The summed E-state index contributed by atoms with van der Waals surface area (Å²) in [4.78, 5) is 37.1. The molecule has 0 saturated carbocycles. The molecule has 0 bridgehead atoms. The zero-order valence-electron chi connectivity index (χ0n) is 17.4. The second-order valence-electron chi connectivity index (χ2n) is 6.17. The molecule has 0 saturated heterocycles. The van der Waals surface area contributed by atoms with Gasteiger partial charge < -0.3 is 28.8 Å². The average molecular weight is 420 g/mol. The Bertz CT molecular complexity index is 905. The van der Waals surface area contributed by atoms with E-state index in [2.05, 4.69) is 10.5 Å². The molecule has 2 rings (SSSR count). The van der Waals surface area contributed by atoms with Gasteiger partial charge in [-0.15, -0.1) is 0 Å². The molecule has 1 aromatic carbocycles. The minimum absolute atomic E-state index is 0.0903. The molecule has 1 amide bonds. The Hall–Kier alpha value is -3.56. The molecule has 0 spiro atoms. The lowest BCUT2D eigenvalue weighted by atomic mass is 9.90. The average Bonchev–Trinajstić information content (AvgIpc) is 3.13. The number of hydrogen-bond acceptors (Lipinski definition) is 9. The molecule has 0 radical (unpaired) electrons. The van der Waals surface area contributed by atoms with Crippen molar-refractivity contribution in [2.45, 2.75) is 25.8 Å². The number of rotatable bonds is 9. The number of esters is 2. The van der Waals surface area contributed by atoms with E-state index in [1.54, 1.807) is 31.2 Å². The Kier molecular flexibility index (Phi) is 7.40. The maximum Gasteiger partial charge on any atom is 0.343 e. The molecule has 0 unspecified atom stereocenters. The van der Waals surface area contributed by atoms with E-state index in [1.807, 2.05) is 0 Å². The lowest BCUT2D eigenvalue weighted by molar-refractivity contribution is -0.165. The highest BCUT2D eigenvalue weighted by atomic mass is 16.6. The first-order valence-corrected chi connectivity index (χ1v) is 9.04. The molecule has 1 aromatic heterocycles. The zero-order chi connectivity index (χ0) is 22.3. The predicted molar refractivity (Wildman–Crippen MR) is 104 cm³/mol. The first kappa shape index (κ1) is 22.7. The predicted octanol–water partition coefficient (Wildman–Crippen LogP) is 1.51. The third-order valence-electron chi connectivity index (χ3n) is 4.27. The molecule has 0 atom stereocenters. The minimum atomic E-state index is -2.19. The van der Waals surface area contributed by atoms with Gasteiger partial charge in [0.25, 0.3) is 5.88 Å². The van der Waals surface area contributed by atoms with E-state index in [4.69, 9.17) is 23.5 Å². The largest absolute Gasteiger partial charge is 0.496 e. The van der Waals surface area contributed by atoms with Gasteiger partial charge in [-0.05, 0) is 18.1 Å². The molecule has 30 heavy (non-hydrogen) atoms. The third-order valence-corrected chi connectivity index (χ3v) is 4.27. The van der Waals surface area contributed by atoms with Crippen molar-refractivity contribution in [2.24, 2.45) is 0 Å². The molecule has 0 aliphatic rings. The Morgan fingerprint density at radius 3 is 2.27 bits per heavy atom. The lowest BCUT2D eigenvalue weighted by Crippen LogP contribution is -2.62. The summed E-state index contributed by atoms with van der Waals surface area (Å²) in [5.74, 6) is -1.97. The van der Waals surface area contributed by atoms with Crippen LogP contribution >= 0.6 is 0 Å². The van der Waals surface area contributed by atoms with Crippen LogP contribution in [0, 0.1) is 0 Å². The number of amides is 1. The quantitative estimate of drug-likeness (QED) is 0.474. The monoisotopic (exact) mass is 420 g/mol. The van der Waals surface area contributed by atoms with Crippen LogP contribution in [0.5, 0.6) is 11.6 Å². The van der Waals surface area contributed by atoms with Crippen LogP contribution in [0.1, 0.15) is 19.6 Å². The van der Waals surface area contributed by atoms with Crippen molar-refractivity contribution >= 4 is 17.8 Å². The fourth-order valence-electron chi connectivity index (χ4n) is 3.04. The van der Waals surface area contributed by atoms with Crippen molar-refractivity contribution in [2.75, 3.05) is 27.9 Å². The highest BCUT2D eigenvalue weighted by molar-refractivity contribution is 6.08. The molecule has 1 N–H and O–H groups in total. The number of aromatic nitrogens is 1. The zero-order valence-corrected chi connectivity index (χ0v) is 17.4. The molecular weight excluding hydrogens is 396 g/mol. The molecule has 1 heterocycles. The maximum absolute atomic E-state index is 12.6. The number of hydrogen-bond donors (Lipinski definition) is 1. The van der Waals surface area contributed by atoms with Crippen LogP contribution in [0.3, 0.4) is 0 Å². The number of methoxy groups -OCH3 is 3. The van der Waals surface area contributed by atoms with Crippen LogP contribution < -0.4 is 14.8 Å². The van der Waals surface area contributed by atoms with E-state index in [0.29, 0.717) is 23.5 Å². The van der Waals surface area contributed by atoms with Crippen molar-refractivity contribution in [3.05, 3.63) is 30.0 Å². The van der Waals surface area contributed by atoms with Crippen molar-refractivity contribution in [1.29, 1.82) is 0 Å². The van der Waals surface area contributed by atoms with E-state index in [1.165, 1.54) is 7.11 Å². The van der Waals surface area contributed by atoms with Crippen molar-refractivity contribution in [3.8, 4) is 22.8 Å². The lowest BCUT2D eigenvalue weighted by Gasteiger charge is -2.28. The summed E-state index contributed by atoms with van der Waals surface area (Å²) < 4.78 is 26.0. The number of nitrogens with one attached hydrogen (secondary N) is 1. The van der Waals surface area contributed by atoms with E-state index in [9.17, 15) is 14.4 Å². The van der Waals surface area contributed by atoms with E-state index >= 15 is 0 Å². The number of nitrogens with zero attached hydrogens (tertiary/aromatic N) is 1. The van der Waals surface area contributed by atoms with Crippen LogP contribution in [0.15, 0.2) is 28.8 Å². The number of benzene rings is 1. The Balaban J connectivity index is 2.70. The smallest absolute Gasteiger partial charge is 0.343 e. The topological polar surface area (TPSA) is 126 Å². The second kappa shape index (κ2) is 9.77. The summed E-state index contributed by atoms with van der Waals surface area (Å²) in [5.41, 5.74) is -1.25. The standard InChI is InChI=1S/C20H24N2O8/c1-6-29-17-16(13-9-7-8-10-14(13)26-3)15(30-22-17)11-20(18(24)27-4,19(25)28-5)21-12(2)23/h7-10H,6,11H2,1-5H3,(H,21,23). The van der Waals surface area contributed by atoms with Gasteiger partial charge in [0.1, 0.15) is 5.75 Å². The van der Waals surface area contributed by atoms with Crippen LogP contribution in [-0.2, 0) is 30.3 Å². The van der Waals surface area contributed by atoms with Gasteiger partial charge in [0.2, 0.25) is 11.4 Å². The van der Waals surface area contributed by atoms with Crippen LogP contribution in [0.25, 0.3) is 11.1 Å². The van der Waals surface area contributed by atoms with Gasteiger partial charge in [0.05, 0.1) is 39.9 Å². The van der Waals surface area contributed by atoms with E-state index in [0.717, 1.165) is 21.1 Å². The van der Waals surface area contributed by atoms with Gasteiger partial charge >= 0.3 is 11.9 Å². The fraction of sp³-hybridized carbons (Fsp3) is 0.400. The number of carbonyl (C=O) groups excluding carboxylic acids is 3. The molecule has 0 aliphatic heterocycles. The number of carbonyl (C=O) groups is 3. The summed E-state index contributed by atoms with van der Waals surface area (Å²) in [6.45, 7) is 3.22. The molecule has 10 nitrogen and oxygen atoms in total. The summed E-state index contributed by atoms with van der Waals surface area (Å²) in [5, 5.41) is 6.27. The fourth-order valence-corrected chi connectivity index (χ4v) is 3.04. The van der Waals surface area contributed by atoms with Gasteiger partial charge in [-0.1, -0.05) is 18.2 Å². The second-order valence-corrected chi connectivity index (χ2v) is 6.17. The Morgan fingerprint density at radius 1 is 1.10 bits per heavy atom. The van der Waals surface area contributed by atoms with Crippen LogP contribution in [-0.4, -0.2) is 56.5 Å². The first-order valence-electron chi connectivity index (χ1n) is 9.04. The maximum atomic E-state index is 12.6. The van der Waals surface area contributed by atoms with Crippen LogP contribution in [0.2, 0.25) is 0 Å². The number of ether oxygens (including phenoxy) is 4.